The Kier molecular flexibility index (Phi) is 20.8. The van der Waals surface area contributed by atoms with E-state index in [2.05, 4.69) is 13.8 Å². The third-order valence-electron chi connectivity index (χ3n) is 18.3. The molecule has 1 nitrogen and oxygen atoms in total. The predicted molar refractivity (Wildman–Crippen MR) is 259 cm³/mol. The lowest BCUT2D eigenvalue weighted by Gasteiger charge is -2.53. The minimum Gasteiger partial charge on any atom is -0.379 e. The van der Waals surface area contributed by atoms with Crippen molar-refractivity contribution in [3.05, 3.63) is 48.1 Å². The molecule has 63 heavy (non-hydrogen) atoms. The summed E-state index contributed by atoms with van der Waals surface area (Å²) in [5, 5.41) is 0. The fourth-order valence-electron chi connectivity index (χ4n) is 14.3. The summed E-state index contributed by atoms with van der Waals surface area (Å²) < 4.78 is 73.1. The third kappa shape index (κ3) is 13.4. The molecule has 360 valence electrons. The Morgan fingerprint density at radius 1 is 0.460 bits per heavy atom. The Balaban J connectivity index is 0.964. The van der Waals surface area contributed by atoms with Gasteiger partial charge in [0.15, 0.2) is 11.3 Å². The lowest BCUT2D eigenvalue weighted by Crippen LogP contribution is -2.51. The van der Waals surface area contributed by atoms with Crippen LogP contribution in [0.1, 0.15) is 245 Å². The van der Waals surface area contributed by atoms with Gasteiger partial charge >= 0.3 is 0 Å². The molecule has 4 saturated carbocycles. The molecular formula is C58H94F4O. The van der Waals surface area contributed by atoms with Gasteiger partial charge in [0.2, 0.25) is 0 Å². The van der Waals surface area contributed by atoms with Crippen LogP contribution in [0, 0.1) is 46.3 Å². The SMILES string of the molecule is CCCCCCCCCC[C@H]1CC[C@H](C2([C@@]3(F)C=C[C@@H](COC[C@@H]4C=C[C@](F)(C5([C@H]6CC[C@H](CCCCCCCCCC)CC6)CCCCC5)C=C4F)C(F)=C3)CCCCC2)CC1. The average molecular weight is 883 g/mol. The van der Waals surface area contributed by atoms with E-state index in [0.29, 0.717) is 0 Å². The standard InChI is InChI=1S/C58H94F4O/c1-3-5-7-9-11-13-15-19-25-47-27-31-51(32-28-47)55(37-21-17-22-38-55)57(61)41-35-49(53(59)43-57)45-63-46-50-36-42-58(62,44-54(50)60)56(39-23-18-24-40-56)52-33-29-48(30-34-52)26-20-16-14-12-10-8-6-4-2/h35-36,41-44,47-52H,3-34,37-40,45-46H2,1-2H3/t47-,48-,49-,50-,51-,52-,57+,58+/m0/s1. The summed E-state index contributed by atoms with van der Waals surface area (Å²) in [6, 6.07) is 0. The lowest BCUT2D eigenvalue weighted by molar-refractivity contribution is -0.0445. The van der Waals surface area contributed by atoms with Crippen molar-refractivity contribution in [1.82, 2.24) is 0 Å². The number of alkyl halides is 2. The Morgan fingerprint density at radius 2 is 0.794 bits per heavy atom. The topological polar surface area (TPSA) is 9.23 Å². The van der Waals surface area contributed by atoms with Crippen molar-refractivity contribution in [3.8, 4) is 0 Å². The summed E-state index contributed by atoms with van der Waals surface area (Å²) in [6.45, 7) is 4.59. The second-order valence-corrected chi connectivity index (χ2v) is 22.5. The fourth-order valence-corrected chi connectivity index (χ4v) is 14.3. The second kappa shape index (κ2) is 25.7. The Morgan fingerprint density at radius 3 is 1.13 bits per heavy atom. The molecule has 0 radical (unpaired) electrons. The lowest BCUT2D eigenvalue weighted by atomic mass is 9.53. The molecule has 0 aromatic heterocycles. The molecule has 0 aromatic rings. The molecule has 4 atom stereocenters. The van der Waals surface area contributed by atoms with E-state index in [0.717, 1.165) is 102 Å². The van der Waals surface area contributed by atoms with Crippen LogP contribution in [-0.2, 0) is 4.74 Å². The largest absolute Gasteiger partial charge is 0.379 e. The first-order chi connectivity index (χ1) is 30.7. The highest BCUT2D eigenvalue weighted by molar-refractivity contribution is 5.33. The molecule has 6 aliphatic carbocycles. The van der Waals surface area contributed by atoms with Crippen molar-refractivity contribution in [2.75, 3.05) is 13.2 Å². The van der Waals surface area contributed by atoms with Crippen LogP contribution in [0.2, 0.25) is 0 Å². The molecule has 0 amide bonds. The summed E-state index contributed by atoms with van der Waals surface area (Å²) in [4.78, 5) is 0. The van der Waals surface area contributed by atoms with Gasteiger partial charge in [0.25, 0.3) is 0 Å². The summed E-state index contributed by atoms with van der Waals surface area (Å²) in [7, 11) is 0. The summed E-state index contributed by atoms with van der Waals surface area (Å²) in [5.74, 6) is -0.234. The zero-order valence-corrected chi connectivity index (χ0v) is 40.7. The van der Waals surface area contributed by atoms with E-state index in [1.165, 1.54) is 153 Å². The summed E-state index contributed by atoms with van der Waals surface area (Å²) in [6.07, 6.45) is 52.1. The van der Waals surface area contributed by atoms with E-state index in [1.807, 2.05) is 0 Å². The quantitative estimate of drug-likeness (QED) is 0.0478. The van der Waals surface area contributed by atoms with Gasteiger partial charge in [-0.3, -0.25) is 0 Å². The molecule has 0 aliphatic heterocycles. The van der Waals surface area contributed by atoms with E-state index >= 15 is 17.6 Å². The molecule has 0 heterocycles. The van der Waals surface area contributed by atoms with Gasteiger partial charge in [0.05, 0.1) is 25.0 Å². The highest BCUT2D eigenvalue weighted by Gasteiger charge is 2.57. The van der Waals surface area contributed by atoms with Crippen LogP contribution in [-0.4, -0.2) is 24.6 Å². The van der Waals surface area contributed by atoms with Crippen molar-refractivity contribution in [2.24, 2.45) is 46.3 Å². The number of hydrogen-bond donors (Lipinski definition) is 0. The van der Waals surface area contributed by atoms with E-state index in [9.17, 15) is 0 Å². The monoisotopic (exact) mass is 883 g/mol. The molecule has 6 aliphatic rings. The minimum absolute atomic E-state index is 0.0241. The van der Waals surface area contributed by atoms with Crippen LogP contribution in [0.5, 0.6) is 0 Å². The van der Waals surface area contributed by atoms with Gasteiger partial charge in [0.1, 0.15) is 11.7 Å². The van der Waals surface area contributed by atoms with Crippen LogP contribution >= 0.6 is 0 Å². The van der Waals surface area contributed by atoms with E-state index < -0.39 is 45.7 Å². The first-order valence-corrected chi connectivity index (χ1v) is 27.8. The normalized spacial score (nSPS) is 33.2. The maximum Gasteiger partial charge on any atom is 0.155 e. The highest BCUT2D eigenvalue weighted by Crippen LogP contribution is 2.61. The number of rotatable bonds is 26. The van der Waals surface area contributed by atoms with Crippen LogP contribution < -0.4 is 0 Å². The summed E-state index contributed by atoms with van der Waals surface area (Å²) >= 11 is 0. The predicted octanol–water partition coefficient (Wildman–Crippen LogP) is 19.1. The van der Waals surface area contributed by atoms with E-state index in [-0.39, 0.29) is 25.0 Å². The first kappa shape index (κ1) is 51.0. The zero-order chi connectivity index (χ0) is 44.4. The van der Waals surface area contributed by atoms with E-state index in [4.69, 9.17) is 4.74 Å². The molecule has 4 fully saturated rings. The molecule has 0 bridgehead atoms. The Bertz CT molecular complexity index is 1310. The second-order valence-electron chi connectivity index (χ2n) is 22.5. The van der Waals surface area contributed by atoms with Gasteiger partial charge in [-0.25, -0.2) is 17.6 Å². The minimum atomic E-state index is -1.80. The molecule has 6 rings (SSSR count). The average Bonchev–Trinajstić information content (AvgIpc) is 3.30. The van der Waals surface area contributed by atoms with Crippen molar-refractivity contribution in [1.29, 1.82) is 0 Å². The van der Waals surface area contributed by atoms with Crippen molar-refractivity contribution >= 4 is 0 Å². The van der Waals surface area contributed by atoms with Gasteiger partial charge < -0.3 is 4.74 Å². The number of unbranched alkanes of at least 4 members (excludes halogenated alkanes) is 14. The maximum absolute atomic E-state index is 17.5. The molecule has 0 N–H and O–H groups in total. The van der Waals surface area contributed by atoms with Crippen LogP contribution in [0.3, 0.4) is 0 Å². The fraction of sp³-hybridized carbons (Fsp3) is 0.862. The maximum atomic E-state index is 17.5. The molecular weight excluding hydrogens is 789 g/mol. The van der Waals surface area contributed by atoms with Gasteiger partial charge in [-0.2, -0.15) is 0 Å². The van der Waals surface area contributed by atoms with E-state index in [1.54, 1.807) is 24.3 Å². The third-order valence-corrected chi connectivity index (χ3v) is 18.3. The number of hydrogen-bond acceptors (Lipinski definition) is 1. The molecule has 0 unspecified atom stereocenters. The number of ether oxygens (including phenoxy) is 1. The number of halogens is 4. The molecule has 0 aromatic carbocycles. The Hall–Kier alpha value is -1.36. The van der Waals surface area contributed by atoms with Crippen LogP contribution in [0.25, 0.3) is 0 Å². The first-order valence-electron chi connectivity index (χ1n) is 27.8. The highest BCUT2D eigenvalue weighted by atomic mass is 19.2. The van der Waals surface area contributed by atoms with Crippen molar-refractivity contribution in [3.63, 3.8) is 0 Å². The molecule has 0 spiro atoms. The molecule has 0 saturated heterocycles. The zero-order valence-electron chi connectivity index (χ0n) is 40.7. The Labute approximate surface area is 385 Å². The smallest absolute Gasteiger partial charge is 0.155 e. The van der Waals surface area contributed by atoms with Crippen LogP contribution in [0.15, 0.2) is 48.1 Å². The van der Waals surface area contributed by atoms with Crippen LogP contribution in [0.4, 0.5) is 17.6 Å². The van der Waals surface area contributed by atoms with Gasteiger partial charge in [0, 0.05) is 10.8 Å². The van der Waals surface area contributed by atoms with Crippen molar-refractivity contribution < 1.29 is 22.3 Å². The van der Waals surface area contributed by atoms with Gasteiger partial charge in [-0.15, -0.1) is 0 Å². The van der Waals surface area contributed by atoms with Gasteiger partial charge in [-0.1, -0.05) is 206 Å². The molecule has 5 heteroatoms. The van der Waals surface area contributed by atoms with Gasteiger partial charge in [-0.05, 0) is 99.3 Å². The van der Waals surface area contributed by atoms with Crippen molar-refractivity contribution in [2.45, 2.75) is 256 Å². The summed E-state index contributed by atoms with van der Waals surface area (Å²) in [5.41, 5.74) is -4.68. The number of allylic oxidation sites excluding steroid dienone is 4.